The van der Waals surface area contributed by atoms with Crippen LogP contribution in [0.3, 0.4) is 0 Å². The second-order valence-electron chi connectivity index (χ2n) is 7.35. The van der Waals surface area contributed by atoms with Crippen LogP contribution in [0.15, 0.2) is 24.5 Å². The maximum absolute atomic E-state index is 4.80. The quantitative estimate of drug-likeness (QED) is 0.845. The lowest BCUT2D eigenvalue weighted by molar-refractivity contribution is 0.309. The lowest BCUT2D eigenvalue weighted by Crippen LogP contribution is -2.23. The molecule has 0 unspecified atom stereocenters. The van der Waals surface area contributed by atoms with Gasteiger partial charge in [0.05, 0.1) is 6.54 Å². The first-order valence-electron chi connectivity index (χ1n) is 8.84. The fourth-order valence-electron chi connectivity index (χ4n) is 3.50. The summed E-state index contributed by atoms with van der Waals surface area (Å²) in [6.07, 6.45) is 5.17. The normalized spacial score (nSPS) is 18.5. The number of aromatic nitrogens is 3. The molecule has 2 aromatic heterocycles. The number of rotatable bonds is 5. The van der Waals surface area contributed by atoms with E-state index >= 15 is 0 Å². The van der Waals surface area contributed by atoms with Crippen molar-refractivity contribution in [3.63, 3.8) is 0 Å². The molecule has 2 aromatic rings. The molecule has 1 saturated heterocycles. The smallest absolute Gasteiger partial charge is 0.123 e. The van der Waals surface area contributed by atoms with Crippen LogP contribution in [0.25, 0.3) is 0 Å². The highest BCUT2D eigenvalue weighted by molar-refractivity contribution is 5.47. The SMILES string of the molecule is Cc1cc(N(C)C)cc([C@H]2CCN(Cc3nccn3C(C)C)C2)n1. The Bertz CT molecular complexity index is 689. The molecule has 0 spiro atoms. The Kier molecular flexibility index (Phi) is 4.90. The van der Waals surface area contributed by atoms with Crippen LogP contribution in [-0.4, -0.2) is 46.6 Å². The van der Waals surface area contributed by atoms with E-state index in [0.717, 1.165) is 31.2 Å². The summed E-state index contributed by atoms with van der Waals surface area (Å²) in [6, 6.07) is 4.85. The molecule has 24 heavy (non-hydrogen) atoms. The molecular formula is C19H29N5. The van der Waals surface area contributed by atoms with Crippen LogP contribution >= 0.6 is 0 Å². The minimum atomic E-state index is 0.460. The molecule has 0 aromatic carbocycles. The van der Waals surface area contributed by atoms with Crippen molar-refractivity contribution in [1.29, 1.82) is 0 Å². The first-order valence-corrected chi connectivity index (χ1v) is 8.84. The van der Waals surface area contributed by atoms with Crippen LogP contribution < -0.4 is 4.90 Å². The summed E-state index contributed by atoms with van der Waals surface area (Å²) in [7, 11) is 4.18. The highest BCUT2D eigenvalue weighted by Crippen LogP contribution is 2.29. The van der Waals surface area contributed by atoms with Gasteiger partial charge < -0.3 is 9.47 Å². The van der Waals surface area contributed by atoms with Crippen LogP contribution in [0.5, 0.6) is 0 Å². The van der Waals surface area contributed by atoms with Crippen LogP contribution in [-0.2, 0) is 6.54 Å². The summed E-state index contributed by atoms with van der Waals surface area (Å²) >= 11 is 0. The second-order valence-corrected chi connectivity index (χ2v) is 7.35. The number of hydrogen-bond donors (Lipinski definition) is 0. The predicted octanol–water partition coefficient (Wildman–Crippen LogP) is 3.22. The summed E-state index contributed by atoms with van der Waals surface area (Å²) in [5.74, 6) is 1.68. The Morgan fingerprint density at radius 1 is 1.29 bits per heavy atom. The Morgan fingerprint density at radius 2 is 2.08 bits per heavy atom. The first-order chi connectivity index (χ1) is 11.4. The molecule has 130 valence electrons. The lowest BCUT2D eigenvalue weighted by Gasteiger charge is -2.19. The standard InChI is InChI=1S/C19H29N5/c1-14(2)24-9-7-20-19(24)13-23-8-6-16(12-23)18-11-17(22(4)5)10-15(3)21-18/h7,9-11,14,16H,6,8,12-13H2,1-5H3/t16-/m0/s1. The topological polar surface area (TPSA) is 37.2 Å². The van der Waals surface area contributed by atoms with Crippen molar-refractivity contribution < 1.29 is 0 Å². The van der Waals surface area contributed by atoms with Crippen molar-refractivity contribution in [1.82, 2.24) is 19.4 Å². The second kappa shape index (κ2) is 6.93. The van der Waals surface area contributed by atoms with Gasteiger partial charge in [0.1, 0.15) is 5.82 Å². The molecule has 0 bridgehead atoms. The van der Waals surface area contributed by atoms with Crippen molar-refractivity contribution in [3.8, 4) is 0 Å². The molecule has 5 heteroatoms. The van der Waals surface area contributed by atoms with Crippen molar-refractivity contribution in [3.05, 3.63) is 41.7 Å². The molecule has 5 nitrogen and oxygen atoms in total. The number of hydrogen-bond acceptors (Lipinski definition) is 4. The fourth-order valence-corrected chi connectivity index (χ4v) is 3.50. The van der Waals surface area contributed by atoms with E-state index in [0.29, 0.717) is 12.0 Å². The van der Waals surface area contributed by atoms with Gasteiger partial charge in [0.25, 0.3) is 0 Å². The third-order valence-electron chi connectivity index (χ3n) is 4.84. The number of pyridine rings is 1. The molecule has 0 aliphatic carbocycles. The summed E-state index contributed by atoms with van der Waals surface area (Å²) < 4.78 is 2.27. The van der Waals surface area contributed by atoms with E-state index < -0.39 is 0 Å². The number of imidazole rings is 1. The van der Waals surface area contributed by atoms with Gasteiger partial charge >= 0.3 is 0 Å². The largest absolute Gasteiger partial charge is 0.378 e. The van der Waals surface area contributed by atoms with Gasteiger partial charge in [-0.1, -0.05) is 0 Å². The van der Waals surface area contributed by atoms with Gasteiger partial charge in [-0.3, -0.25) is 9.88 Å². The van der Waals surface area contributed by atoms with Gasteiger partial charge in [-0.25, -0.2) is 4.98 Å². The van der Waals surface area contributed by atoms with Gasteiger partial charge in [-0.05, 0) is 45.9 Å². The molecule has 1 aliphatic heterocycles. The molecule has 0 radical (unpaired) electrons. The summed E-state index contributed by atoms with van der Waals surface area (Å²) in [5.41, 5.74) is 3.57. The van der Waals surface area contributed by atoms with Crippen molar-refractivity contribution in [2.75, 3.05) is 32.1 Å². The molecule has 1 aliphatic rings. The number of nitrogens with zero attached hydrogens (tertiary/aromatic N) is 5. The summed E-state index contributed by atoms with van der Waals surface area (Å²) in [6.45, 7) is 9.60. The molecular weight excluding hydrogens is 298 g/mol. The number of anilines is 1. The first kappa shape index (κ1) is 17.0. The van der Waals surface area contributed by atoms with E-state index in [1.54, 1.807) is 0 Å². The maximum Gasteiger partial charge on any atom is 0.123 e. The fraction of sp³-hybridized carbons (Fsp3) is 0.579. The Hall–Kier alpha value is -1.88. The Morgan fingerprint density at radius 3 is 2.79 bits per heavy atom. The van der Waals surface area contributed by atoms with Gasteiger partial charge in [0.2, 0.25) is 0 Å². The molecule has 1 atom stereocenters. The molecule has 3 heterocycles. The van der Waals surface area contributed by atoms with Crippen LogP contribution in [0, 0.1) is 6.92 Å². The van der Waals surface area contributed by atoms with Gasteiger partial charge in [0.15, 0.2) is 0 Å². The van der Waals surface area contributed by atoms with Gasteiger partial charge in [-0.2, -0.15) is 0 Å². The third kappa shape index (κ3) is 3.61. The summed E-state index contributed by atoms with van der Waals surface area (Å²) in [5, 5.41) is 0. The lowest BCUT2D eigenvalue weighted by atomic mass is 10.0. The summed E-state index contributed by atoms with van der Waals surface area (Å²) in [4.78, 5) is 14.0. The molecule has 0 N–H and O–H groups in total. The third-order valence-corrected chi connectivity index (χ3v) is 4.84. The van der Waals surface area contributed by atoms with Crippen LogP contribution in [0.2, 0.25) is 0 Å². The maximum atomic E-state index is 4.80. The van der Waals surface area contributed by atoms with E-state index in [1.165, 1.54) is 17.8 Å². The van der Waals surface area contributed by atoms with E-state index in [2.05, 4.69) is 72.5 Å². The van der Waals surface area contributed by atoms with E-state index in [9.17, 15) is 0 Å². The van der Waals surface area contributed by atoms with E-state index in [1.807, 2.05) is 6.20 Å². The highest BCUT2D eigenvalue weighted by atomic mass is 15.2. The van der Waals surface area contributed by atoms with Crippen molar-refractivity contribution in [2.24, 2.45) is 0 Å². The zero-order chi connectivity index (χ0) is 17.3. The van der Waals surface area contributed by atoms with Gasteiger partial charge in [-0.15, -0.1) is 0 Å². The average Bonchev–Trinajstić information content (AvgIpc) is 3.16. The Balaban J connectivity index is 1.70. The minimum absolute atomic E-state index is 0.460. The van der Waals surface area contributed by atoms with Gasteiger partial charge in [0, 0.05) is 62.1 Å². The number of likely N-dealkylation sites (tertiary alicyclic amines) is 1. The molecule has 1 fully saturated rings. The monoisotopic (exact) mass is 327 g/mol. The zero-order valence-electron chi connectivity index (χ0n) is 15.5. The van der Waals surface area contributed by atoms with Crippen molar-refractivity contribution in [2.45, 2.75) is 45.7 Å². The average molecular weight is 327 g/mol. The molecule has 3 rings (SSSR count). The van der Waals surface area contributed by atoms with E-state index in [4.69, 9.17) is 4.98 Å². The molecule has 0 saturated carbocycles. The van der Waals surface area contributed by atoms with Crippen LogP contribution in [0.4, 0.5) is 5.69 Å². The molecule has 0 amide bonds. The van der Waals surface area contributed by atoms with E-state index in [-0.39, 0.29) is 0 Å². The predicted molar refractivity (Wildman–Crippen MR) is 98.5 cm³/mol. The highest BCUT2D eigenvalue weighted by Gasteiger charge is 2.26. The van der Waals surface area contributed by atoms with Crippen molar-refractivity contribution >= 4 is 5.69 Å². The minimum Gasteiger partial charge on any atom is -0.378 e. The van der Waals surface area contributed by atoms with Crippen LogP contribution in [0.1, 0.15) is 49.4 Å². The Labute approximate surface area is 145 Å². The zero-order valence-corrected chi connectivity index (χ0v) is 15.5. The number of aryl methyl sites for hydroxylation is 1.